The summed E-state index contributed by atoms with van der Waals surface area (Å²) < 4.78 is 11.0. The lowest BCUT2D eigenvalue weighted by Gasteiger charge is -2.48. The molecule has 1 saturated heterocycles. The fourth-order valence-corrected chi connectivity index (χ4v) is 4.58. The number of methoxy groups -OCH3 is 1. The van der Waals surface area contributed by atoms with Gasteiger partial charge in [-0.15, -0.1) is 0 Å². The number of amides is 1. The van der Waals surface area contributed by atoms with Gasteiger partial charge in [-0.2, -0.15) is 0 Å². The Bertz CT molecular complexity index is 681. The molecule has 1 aromatic rings. The van der Waals surface area contributed by atoms with E-state index in [9.17, 15) is 9.90 Å². The second-order valence-corrected chi connectivity index (χ2v) is 8.56. The number of phenolic OH excluding ortho intramolecular Hbond substituents is 1. The van der Waals surface area contributed by atoms with Gasteiger partial charge in [0.1, 0.15) is 5.75 Å². The fraction of sp³-hybridized carbons (Fsp3) is 0.682. The van der Waals surface area contributed by atoms with Gasteiger partial charge in [-0.3, -0.25) is 9.69 Å². The van der Waals surface area contributed by atoms with Crippen molar-refractivity contribution in [3.05, 3.63) is 23.8 Å². The number of hydrogen-bond acceptors (Lipinski definition) is 6. The van der Waals surface area contributed by atoms with E-state index < -0.39 is 5.91 Å². The number of hydrogen-bond donors (Lipinski definition) is 3. The summed E-state index contributed by atoms with van der Waals surface area (Å²) >= 11 is 0. The minimum Gasteiger partial charge on any atom is -0.506 e. The number of anilines is 1. The normalized spacial score (nSPS) is 26.3. The van der Waals surface area contributed by atoms with Gasteiger partial charge in [-0.05, 0) is 63.6 Å². The molecule has 29 heavy (non-hydrogen) atoms. The van der Waals surface area contributed by atoms with Gasteiger partial charge in [0.2, 0.25) is 5.91 Å². The number of nitrogens with one attached hydrogen (secondary N) is 1. The van der Waals surface area contributed by atoms with Gasteiger partial charge in [-0.1, -0.05) is 0 Å². The van der Waals surface area contributed by atoms with E-state index in [1.54, 1.807) is 19.2 Å². The van der Waals surface area contributed by atoms with E-state index >= 15 is 0 Å². The van der Waals surface area contributed by atoms with E-state index in [-0.39, 0.29) is 17.3 Å². The van der Waals surface area contributed by atoms with Crippen LogP contribution in [0.25, 0.3) is 0 Å². The van der Waals surface area contributed by atoms with Crippen LogP contribution in [0, 0.1) is 0 Å². The van der Waals surface area contributed by atoms with Crippen LogP contribution in [-0.4, -0.2) is 67.0 Å². The smallest absolute Gasteiger partial charge is 0.248 e. The quantitative estimate of drug-likeness (QED) is 0.455. The highest BCUT2D eigenvalue weighted by Gasteiger charge is 2.38. The molecule has 0 radical (unpaired) electrons. The van der Waals surface area contributed by atoms with Crippen molar-refractivity contribution in [3.63, 3.8) is 0 Å². The summed E-state index contributed by atoms with van der Waals surface area (Å²) in [5.74, 6) is -0.339. The number of phenols is 1. The third-order valence-electron chi connectivity index (χ3n) is 6.55. The van der Waals surface area contributed by atoms with E-state index in [0.29, 0.717) is 30.6 Å². The highest BCUT2D eigenvalue weighted by Crippen LogP contribution is 2.37. The summed E-state index contributed by atoms with van der Waals surface area (Å²) in [7, 11) is 1.70. The molecule has 1 amide bonds. The number of primary amides is 1. The van der Waals surface area contributed by atoms with E-state index in [1.165, 1.54) is 6.07 Å². The predicted molar refractivity (Wildman–Crippen MR) is 113 cm³/mol. The summed E-state index contributed by atoms with van der Waals surface area (Å²) in [6.45, 7) is 5.78. The highest BCUT2D eigenvalue weighted by atomic mass is 16.5. The Labute approximate surface area is 173 Å². The first-order valence-electron chi connectivity index (χ1n) is 10.7. The average Bonchev–Trinajstić information content (AvgIpc) is 2.72. The maximum Gasteiger partial charge on any atom is 0.248 e. The molecule has 2 aliphatic rings. The molecular formula is C22H35N3O4. The number of carbonyl (C=O) groups is 1. The lowest BCUT2D eigenvalue weighted by Crippen LogP contribution is -2.53. The Morgan fingerprint density at radius 3 is 2.55 bits per heavy atom. The predicted octanol–water partition coefficient (Wildman–Crippen LogP) is 2.73. The van der Waals surface area contributed by atoms with Crippen LogP contribution in [0.1, 0.15) is 55.8 Å². The van der Waals surface area contributed by atoms with Crippen LogP contribution in [0.15, 0.2) is 18.2 Å². The third-order valence-corrected chi connectivity index (χ3v) is 6.55. The van der Waals surface area contributed by atoms with Gasteiger partial charge < -0.3 is 25.6 Å². The third kappa shape index (κ3) is 5.62. The molecule has 1 heterocycles. The Morgan fingerprint density at radius 2 is 1.93 bits per heavy atom. The molecule has 7 heteroatoms. The van der Waals surface area contributed by atoms with Gasteiger partial charge in [0.15, 0.2) is 0 Å². The lowest BCUT2D eigenvalue weighted by molar-refractivity contribution is -0.0398. The van der Waals surface area contributed by atoms with Gasteiger partial charge >= 0.3 is 0 Å². The van der Waals surface area contributed by atoms with Gasteiger partial charge in [0.05, 0.1) is 25.0 Å². The van der Waals surface area contributed by atoms with Crippen molar-refractivity contribution in [1.82, 2.24) is 4.90 Å². The Kier molecular flexibility index (Phi) is 7.38. The number of aromatic hydroxyl groups is 1. The standard InChI is InChI=1S/C22H35N3O4/c1-22(9-5-18(6-10-22)29-14-13-28-2)25-11-7-17(8-12-25)24-19-15-16(21(23)27)3-4-20(19)26/h3-4,15,17-18,24,26H,5-14H2,1-2H3,(H2,23,27). The first-order valence-corrected chi connectivity index (χ1v) is 10.7. The molecule has 1 aromatic carbocycles. The van der Waals surface area contributed by atoms with Crippen LogP contribution in [0.2, 0.25) is 0 Å². The Balaban J connectivity index is 1.48. The largest absolute Gasteiger partial charge is 0.506 e. The number of carbonyl (C=O) groups excluding carboxylic acids is 1. The first kappa shape index (κ1) is 21.9. The second kappa shape index (κ2) is 9.78. The maximum atomic E-state index is 11.4. The summed E-state index contributed by atoms with van der Waals surface area (Å²) in [5, 5.41) is 13.5. The van der Waals surface area contributed by atoms with Gasteiger partial charge in [0.25, 0.3) is 0 Å². The summed E-state index contributed by atoms with van der Waals surface area (Å²) in [6, 6.07) is 4.97. The molecule has 0 spiro atoms. The van der Waals surface area contributed by atoms with Crippen molar-refractivity contribution >= 4 is 11.6 Å². The summed E-state index contributed by atoms with van der Waals surface area (Å²) in [6.07, 6.45) is 6.89. The molecule has 2 fully saturated rings. The molecule has 4 N–H and O–H groups in total. The van der Waals surface area contributed by atoms with Crippen LogP contribution in [0.4, 0.5) is 5.69 Å². The van der Waals surface area contributed by atoms with Crippen molar-refractivity contribution in [2.45, 2.75) is 63.1 Å². The molecule has 0 unspecified atom stereocenters. The van der Waals surface area contributed by atoms with Crippen molar-refractivity contribution in [2.24, 2.45) is 5.73 Å². The number of likely N-dealkylation sites (tertiary alicyclic amines) is 1. The number of nitrogens with two attached hydrogens (primary N) is 1. The lowest BCUT2D eigenvalue weighted by atomic mass is 9.79. The van der Waals surface area contributed by atoms with Crippen LogP contribution in [-0.2, 0) is 9.47 Å². The number of rotatable bonds is 8. The number of piperidine rings is 1. The van der Waals surface area contributed by atoms with E-state index in [0.717, 1.165) is 51.6 Å². The molecule has 1 aliphatic carbocycles. The second-order valence-electron chi connectivity index (χ2n) is 8.56. The first-order chi connectivity index (χ1) is 13.9. The van der Waals surface area contributed by atoms with E-state index in [4.69, 9.17) is 15.2 Å². The van der Waals surface area contributed by atoms with Gasteiger partial charge in [-0.25, -0.2) is 0 Å². The molecule has 1 saturated carbocycles. The minimum atomic E-state index is -0.488. The van der Waals surface area contributed by atoms with Crippen molar-refractivity contribution in [2.75, 3.05) is 38.7 Å². The van der Waals surface area contributed by atoms with Gasteiger partial charge in [0, 0.05) is 37.3 Å². The molecule has 162 valence electrons. The summed E-state index contributed by atoms with van der Waals surface area (Å²) in [5.41, 5.74) is 6.58. The van der Waals surface area contributed by atoms with Crippen LogP contribution in [0.3, 0.4) is 0 Å². The molecule has 7 nitrogen and oxygen atoms in total. The summed E-state index contributed by atoms with van der Waals surface area (Å²) in [4.78, 5) is 14.0. The number of benzene rings is 1. The zero-order valence-electron chi connectivity index (χ0n) is 17.7. The van der Waals surface area contributed by atoms with Crippen molar-refractivity contribution in [3.8, 4) is 5.75 Å². The average molecular weight is 406 g/mol. The Hall–Kier alpha value is -1.83. The highest BCUT2D eigenvalue weighted by molar-refractivity contribution is 5.94. The number of nitrogens with zero attached hydrogens (tertiary/aromatic N) is 1. The Morgan fingerprint density at radius 1 is 1.24 bits per heavy atom. The number of ether oxygens (including phenoxy) is 2. The van der Waals surface area contributed by atoms with Crippen LogP contribution >= 0.6 is 0 Å². The van der Waals surface area contributed by atoms with Crippen molar-refractivity contribution < 1.29 is 19.4 Å². The zero-order valence-corrected chi connectivity index (χ0v) is 17.7. The van der Waals surface area contributed by atoms with Crippen LogP contribution in [0.5, 0.6) is 5.75 Å². The zero-order chi connectivity index (χ0) is 20.9. The molecule has 0 bridgehead atoms. The fourth-order valence-electron chi connectivity index (χ4n) is 4.58. The SMILES string of the molecule is COCCOC1CCC(C)(N2CCC(Nc3cc(C(N)=O)ccc3O)CC2)CC1. The van der Waals surface area contributed by atoms with Crippen molar-refractivity contribution in [1.29, 1.82) is 0 Å². The maximum absolute atomic E-state index is 11.4. The molecule has 3 rings (SSSR count). The minimum absolute atomic E-state index is 0.149. The van der Waals surface area contributed by atoms with E-state index in [1.807, 2.05) is 0 Å². The topological polar surface area (TPSA) is 97.0 Å². The van der Waals surface area contributed by atoms with Crippen LogP contribution < -0.4 is 11.1 Å². The monoisotopic (exact) mass is 405 g/mol. The molecule has 0 aromatic heterocycles. The molecular weight excluding hydrogens is 370 g/mol. The molecule has 0 atom stereocenters. The molecule has 1 aliphatic heterocycles. The van der Waals surface area contributed by atoms with E-state index in [2.05, 4.69) is 17.1 Å².